The van der Waals surface area contributed by atoms with Crippen LogP contribution >= 0.6 is 0 Å². The van der Waals surface area contributed by atoms with Crippen molar-refractivity contribution in [1.82, 2.24) is 24.9 Å². The molecule has 1 fully saturated rings. The van der Waals surface area contributed by atoms with Crippen LogP contribution in [-0.4, -0.2) is 31.0 Å². The number of H-pyrrole nitrogens is 1. The smallest absolute Gasteiger partial charge is 0.216 e. The van der Waals surface area contributed by atoms with E-state index in [4.69, 9.17) is 4.74 Å². The van der Waals surface area contributed by atoms with Crippen molar-refractivity contribution in [2.45, 2.75) is 58.0 Å². The summed E-state index contributed by atoms with van der Waals surface area (Å²) < 4.78 is 6.16. The van der Waals surface area contributed by atoms with E-state index in [0.29, 0.717) is 6.10 Å². The van der Waals surface area contributed by atoms with Crippen LogP contribution in [0.15, 0.2) is 49.2 Å². The molecule has 4 aromatic heterocycles. The molecule has 1 saturated carbocycles. The summed E-state index contributed by atoms with van der Waals surface area (Å²) in [4.78, 5) is 21.4. The summed E-state index contributed by atoms with van der Waals surface area (Å²) in [6, 6.07) is 6.24. The van der Waals surface area contributed by atoms with Crippen molar-refractivity contribution < 1.29 is 4.74 Å². The molecule has 6 nitrogen and oxygen atoms in total. The third-order valence-electron chi connectivity index (χ3n) is 5.96. The fraction of sp³-hybridized carbons (Fsp3) is 0.360. The average molecular weight is 414 g/mol. The number of pyridine rings is 2. The van der Waals surface area contributed by atoms with Crippen molar-refractivity contribution in [3.8, 4) is 5.88 Å². The van der Waals surface area contributed by atoms with Crippen molar-refractivity contribution in [2.75, 3.05) is 0 Å². The predicted molar refractivity (Wildman–Crippen MR) is 120 cm³/mol. The molecule has 158 valence electrons. The van der Waals surface area contributed by atoms with Crippen LogP contribution in [0.25, 0.3) is 11.0 Å². The van der Waals surface area contributed by atoms with Gasteiger partial charge in [-0.1, -0.05) is 6.07 Å². The Hall–Kier alpha value is -3.28. The van der Waals surface area contributed by atoms with E-state index in [9.17, 15) is 0 Å². The van der Waals surface area contributed by atoms with Gasteiger partial charge in [-0.2, -0.15) is 0 Å². The van der Waals surface area contributed by atoms with Gasteiger partial charge in [-0.3, -0.25) is 0 Å². The number of aromatic nitrogens is 5. The number of nitrogens with one attached hydrogen (secondary N) is 1. The molecule has 0 atom stereocenters. The maximum atomic E-state index is 6.16. The van der Waals surface area contributed by atoms with Gasteiger partial charge in [0.15, 0.2) is 0 Å². The van der Waals surface area contributed by atoms with Crippen LogP contribution in [-0.2, 0) is 19.3 Å². The molecule has 0 saturated heterocycles. The summed E-state index contributed by atoms with van der Waals surface area (Å²) in [6.07, 6.45) is 17.0. The van der Waals surface area contributed by atoms with Crippen LogP contribution in [0.5, 0.6) is 5.88 Å². The topological polar surface area (TPSA) is 76.6 Å². The molecule has 1 N–H and O–H groups in total. The number of rotatable bonds is 7. The molecular formula is C25H27N5O. The van der Waals surface area contributed by atoms with Crippen molar-refractivity contribution >= 4 is 11.0 Å². The molecule has 0 spiro atoms. The quantitative estimate of drug-likeness (QED) is 0.473. The Balaban J connectivity index is 1.23. The first kappa shape index (κ1) is 19.7. The van der Waals surface area contributed by atoms with Gasteiger partial charge in [0.2, 0.25) is 5.88 Å². The van der Waals surface area contributed by atoms with Gasteiger partial charge in [0.1, 0.15) is 17.6 Å². The Morgan fingerprint density at radius 2 is 1.84 bits per heavy atom. The van der Waals surface area contributed by atoms with Crippen LogP contribution in [0.2, 0.25) is 0 Å². The second-order valence-corrected chi connectivity index (χ2v) is 8.40. The van der Waals surface area contributed by atoms with Gasteiger partial charge in [-0.05, 0) is 67.9 Å². The van der Waals surface area contributed by atoms with E-state index >= 15 is 0 Å². The van der Waals surface area contributed by atoms with Crippen LogP contribution in [0.4, 0.5) is 0 Å². The van der Waals surface area contributed by atoms with E-state index < -0.39 is 0 Å². The number of ether oxygens (including phenoxy) is 1. The van der Waals surface area contributed by atoms with Crippen molar-refractivity contribution in [3.05, 3.63) is 77.3 Å². The van der Waals surface area contributed by atoms with Gasteiger partial charge >= 0.3 is 0 Å². The molecule has 0 unspecified atom stereocenters. The first-order valence-corrected chi connectivity index (χ1v) is 11.1. The van der Waals surface area contributed by atoms with E-state index in [0.717, 1.165) is 71.5 Å². The summed E-state index contributed by atoms with van der Waals surface area (Å²) in [5.41, 5.74) is 5.52. The van der Waals surface area contributed by atoms with E-state index in [1.54, 1.807) is 6.20 Å². The Labute approximate surface area is 182 Å². The highest BCUT2D eigenvalue weighted by atomic mass is 16.5. The number of hydrogen-bond donors (Lipinski definition) is 1. The van der Waals surface area contributed by atoms with E-state index in [-0.39, 0.29) is 0 Å². The van der Waals surface area contributed by atoms with Crippen LogP contribution in [0, 0.1) is 6.92 Å². The Morgan fingerprint density at radius 3 is 2.68 bits per heavy atom. The molecule has 1 aliphatic rings. The van der Waals surface area contributed by atoms with Gasteiger partial charge in [0.05, 0.1) is 0 Å². The Kier molecular flexibility index (Phi) is 5.61. The molecule has 0 bridgehead atoms. The third kappa shape index (κ3) is 4.58. The first-order chi connectivity index (χ1) is 15.2. The number of nitrogens with zero attached hydrogens (tertiary/aromatic N) is 4. The second kappa shape index (κ2) is 8.84. The minimum Gasteiger partial charge on any atom is -0.474 e. The van der Waals surface area contributed by atoms with Gasteiger partial charge in [0, 0.05) is 54.8 Å². The molecular weight excluding hydrogens is 386 g/mol. The number of aromatic amines is 1. The van der Waals surface area contributed by atoms with Gasteiger partial charge in [-0.15, -0.1) is 0 Å². The summed E-state index contributed by atoms with van der Waals surface area (Å²) >= 11 is 0. The molecule has 31 heavy (non-hydrogen) atoms. The lowest BCUT2D eigenvalue weighted by Crippen LogP contribution is -2.13. The molecule has 4 aromatic rings. The molecule has 0 aliphatic heterocycles. The summed E-state index contributed by atoms with van der Waals surface area (Å²) in [7, 11) is 0. The zero-order valence-corrected chi connectivity index (χ0v) is 17.8. The zero-order valence-electron chi connectivity index (χ0n) is 17.8. The summed E-state index contributed by atoms with van der Waals surface area (Å²) in [5, 5.41) is 1.16. The zero-order chi connectivity index (χ0) is 21.0. The molecule has 1 aliphatic carbocycles. The molecule has 0 aromatic carbocycles. The van der Waals surface area contributed by atoms with Gasteiger partial charge in [0.25, 0.3) is 0 Å². The van der Waals surface area contributed by atoms with Crippen molar-refractivity contribution in [2.24, 2.45) is 0 Å². The standard InChI is InChI=1S/C25H27N5O/c1-17-11-22-20(16-30-24(22)29-13-17)12-18-14-27-23(28-15-18)9-8-19-5-4-10-26-25(19)31-21-6-2-3-7-21/h4-5,10-11,13-16,21H,2-3,6-9,12H2,1H3,(H,29,30). The first-order valence-electron chi connectivity index (χ1n) is 11.1. The highest BCUT2D eigenvalue weighted by Crippen LogP contribution is 2.25. The third-order valence-corrected chi connectivity index (χ3v) is 5.96. The molecule has 5 rings (SSSR count). The normalized spacial score (nSPS) is 14.4. The van der Waals surface area contributed by atoms with Crippen LogP contribution in [0.3, 0.4) is 0 Å². The molecule has 0 amide bonds. The predicted octanol–water partition coefficient (Wildman–Crippen LogP) is 4.75. The van der Waals surface area contributed by atoms with Crippen LogP contribution < -0.4 is 4.74 Å². The summed E-state index contributed by atoms with van der Waals surface area (Å²) in [6.45, 7) is 2.06. The van der Waals surface area contributed by atoms with Gasteiger partial charge < -0.3 is 9.72 Å². The van der Waals surface area contributed by atoms with Gasteiger partial charge in [-0.25, -0.2) is 19.9 Å². The largest absolute Gasteiger partial charge is 0.474 e. The second-order valence-electron chi connectivity index (χ2n) is 8.40. The fourth-order valence-electron chi connectivity index (χ4n) is 4.26. The Morgan fingerprint density at radius 1 is 1.00 bits per heavy atom. The summed E-state index contributed by atoms with van der Waals surface area (Å²) in [5.74, 6) is 1.62. The molecule has 4 heterocycles. The maximum absolute atomic E-state index is 6.16. The minimum absolute atomic E-state index is 0.313. The Bertz CT molecular complexity index is 1160. The molecule has 6 heteroatoms. The SMILES string of the molecule is Cc1cnc2[nH]cc(Cc3cnc(CCc4cccnc4OC4CCCC4)nc3)c2c1. The number of hydrogen-bond acceptors (Lipinski definition) is 5. The average Bonchev–Trinajstić information content (AvgIpc) is 3.44. The van der Waals surface area contributed by atoms with E-state index in [1.807, 2.05) is 30.9 Å². The highest BCUT2D eigenvalue weighted by molar-refractivity contribution is 5.80. The lowest BCUT2D eigenvalue weighted by Gasteiger charge is -2.15. The fourth-order valence-corrected chi connectivity index (χ4v) is 4.26. The molecule has 0 radical (unpaired) electrons. The number of fused-ring (bicyclic) bond motifs is 1. The van der Waals surface area contributed by atoms with Crippen LogP contribution in [0.1, 0.15) is 53.8 Å². The monoisotopic (exact) mass is 413 g/mol. The van der Waals surface area contributed by atoms with E-state index in [1.165, 1.54) is 18.4 Å². The lowest BCUT2D eigenvalue weighted by molar-refractivity contribution is 0.199. The maximum Gasteiger partial charge on any atom is 0.216 e. The lowest BCUT2D eigenvalue weighted by atomic mass is 10.1. The number of aryl methyl sites for hydroxylation is 3. The van der Waals surface area contributed by atoms with Crippen molar-refractivity contribution in [1.29, 1.82) is 0 Å². The van der Waals surface area contributed by atoms with Crippen molar-refractivity contribution in [3.63, 3.8) is 0 Å². The highest BCUT2D eigenvalue weighted by Gasteiger charge is 2.18. The van der Waals surface area contributed by atoms with E-state index in [2.05, 4.69) is 44.0 Å². The minimum atomic E-state index is 0.313.